The first-order valence-corrected chi connectivity index (χ1v) is 24.6. The molecular weight excluding hydrogens is 979 g/mol. The van der Waals surface area contributed by atoms with Crippen molar-refractivity contribution in [1.82, 2.24) is 0 Å². The summed E-state index contributed by atoms with van der Waals surface area (Å²) >= 11 is 0. The summed E-state index contributed by atoms with van der Waals surface area (Å²) in [5.41, 5.74) is -1.23. The number of benzene rings is 5. The van der Waals surface area contributed by atoms with Crippen molar-refractivity contribution in [2.75, 3.05) is 5.43 Å². The molecule has 0 heterocycles. The second kappa shape index (κ2) is 18.0. The number of carbonyl (C=O) groups is 1. The smallest absolute Gasteiger partial charge is 0.287 e. The number of hydrogen-bond acceptors (Lipinski definition) is 19. The first-order chi connectivity index (χ1) is 30.6. The molecule has 0 amide bonds. The SMILES string of the molecule is O=C1C(=NNc2ccc(N=Nc3ccc(S(=O)(=O)O)cc3)cc2S(=O)(=O)O)C(S(=O)(=O)O)=Cc2cc(N=Nc3ccc(C=Cc4ccc([N+](=O)[O-])cc4S(=O)(=O)O)c(S(=O)(=O)O)c3)ccc21. The summed E-state index contributed by atoms with van der Waals surface area (Å²) < 4.78 is 169. The fourth-order valence-electron chi connectivity index (χ4n) is 5.72. The van der Waals surface area contributed by atoms with E-state index in [0.717, 1.165) is 85.0 Å². The van der Waals surface area contributed by atoms with Crippen molar-refractivity contribution in [3.8, 4) is 0 Å². The fourth-order valence-corrected chi connectivity index (χ4v) is 8.93. The van der Waals surface area contributed by atoms with E-state index in [0.29, 0.717) is 6.07 Å². The van der Waals surface area contributed by atoms with E-state index in [1.807, 2.05) is 0 Å². The molecule has 6 rings (SSSR count). The Labute approximate surface area is 372 Å². The number of hydrazone groups is 1. The first kappa shape index (κ1) is 48.3. The number of non-ortho nitro benzene ring substituents is 1. The molecule has 0 spiro atoms. The molecule has 0 bridgehead atoms. The summed E-state index contributed by atoms with van der Waals surface area (Å²) in [7, 11) is -24.9. The minimum Gasteiger partial charge on any atom is -0.287 e. The highest BCUT2D eigenvalue weighted by atomic mass is 32.2. The molecular formula is C36H25N7O18S5. The van der Waals surface area contributed by atoms with Gasteiger partial charge in [0.25, 0.3) is 56.3 Å². The fraction of sp³-hybridized carbons (Fsp3) is 0. The zero-order valence-electron chi connectivity index (χ0n) is 32.2. The number of ketones is 1. The molecule has 0 aromatic heterocycles. The Balaban J connectivity index is 1.27. The van der Waals surface area contributed by atoms with Crippen LogP contribution >= 0.6 is 0 Å². The van der Waals surface area contributed by atoms with Crippen LogP contribution < -0.4 is 5.43 Å². The van der Waals surface area contributed by atoms with Crippen molar-refractivity contribution in [3.05, 3.63) is 134 Å². The van der Waals surface area contributed by atoms with Gasteiger partial charge in [-0.3, -0.25) is 43.1 Å². The van der Waals surface area contributed by atoms with Crippen LogP contribution in [-0.4, -0.2) is 81.3 Å². The lowest BCUT2D eigenvalue weighted by atomic mass is 9.94. The highest BCUT2D eigenvalue weighted by Crippen LogP contribution is 2.33. The van der Waals surface area contributed by atoms with Crippen LogP contribution in [0.15, 0.2) is 147 Å². The van der Waals surface area contributed by atoms with Gasteiger partial charge in [0, 0.05) is 17.7 Å². The molecule has 0 unspecified atom stereocenters. The molecule has 0 radical (unpaired) electrons. The topological polar surface area (TPSA) is 406 Å². The normalized spacial score (nSPS) is 14.5. The van der Waals surface area contributed by atoms with E-state index in [1.54, 1.807) is 0 Å². The van der Waals surface area contributed by atoms with Crippen molar-refractivity contribution in [1.29, 1.82) is 0 Å². The maximum Gasteiger partial charge on any atom is 0.296 e. The van der Waals surface area contributed by atoms with Gasteiger partial charge in [-0.2, -0.15) is 67.6 Å². The third kappa shape index (κ3) is 11.4. The number of carbonyl (C=O) groups excluding carboxylic acids is 1. The number of hydrogen-bond donors (Lipinski definition) is 6. The van der Waals surface area contributed by atoms with Gasteiger partial charge >= 0.3 is 0 Å². The van der Waals surface area contributed by atoms with Crippen LogP contribution in [0.5, 0.6) is 0 Å². The van der Waals surface area contributed by atoms with E-state index in [2.05, 4.69) is 31.0 Å². The maximum absolute atomic E-state index is 13.6. The number of fused-ring (bicyclic) bond motifs is 1. The predicted molar refractivity (Wildman–Crippen MR) is 230 cm³/mol. The van der Waals surface area contributed by atoms with Crippen LogP contribution in [0.4, 0.5) is 34.1 Å². The second-order valence-corrected chi connectivity index (χ2v) is 20.1. The zero-order chi connectivity index (χ0) is 48.6. The Morgan fingerprint density at radius 3 is 1.53 bits per heavy atom. The molecule has 25 nitrogen and oxygen atoms in total. The number of anilines is 1. The number of azo groups is 2. The summed E-state index contributed by atoms with van der Waals surface area (Å²) in [6, 6.07) is 16.5. The van der Waals surface area contributed by atoms with Crippen LogP contribution in [0.3, 0.4) is 0 Å². The lowest BCUT2D eigenvalue weighted by molar-refractivity contribution is -0.385. The molecule has 0 aliphatic heterocycles. The van der Waals surface area contributed by atoms with E-state index in [-0.39, 0.29) is 45.0 Å². The highest BCUT2D eigenvalue weighted by molar-refractivity contribution is 7.91. The summed E-state index contributed by atoms with van der Waals surface area (Å²) in [5, 5.41) is 30.3. The van der Waals surface area contributed by atoms with Crippen LogP contribution in [0.2, 0.25) is 0 Å². The summed E-state index contributed by atoms with van der Waals surface area (Å²) in [6.07, 6.45) is 2.84. The average Bonchev–Trinajstić information content (AvgIpc) is 3.22. The quantitative estimate of drug-likeness (QED) is 0.0228. The first-order valence-electron chi connectivity index (χ1n) is 17.4. The maximum atomic E-state index is 13.6. The number of nitrogens with one attached hydrogen (secondary N) is 1. The number of nitro benzene ring substituents is 1. The Hall–Kier alpha value is -7.13. The predicted octanol–water partition coefficient (Wildman–Crippen LogP) is 6.48. The molecule has 1 aliphatic rings. The van der Waals surface area contributed by atoms with E-state index >= 15 is 0 Å². The standard InChI is InChI=1S/C36H25N7O18S5/c44-36-29-13-8-24(38-40-25-5-3-20(31(17-25)63(50,51)52)1-2-21-4-10-27(43(45)46)19-32(21)64(53,54)55)15-22(29)16-34(66(59,60)61)35(36)42-41-30-14-9-26(18-33(30)65(56,57)58)39-37-23-6-11-28(12-7-23)62(47,48)49/h1-19,41H,(H,47,48,49)(H,50,51,52)(H,53,54,55)(H,56,57,58)(H,59,60,61). The van der Waals surface area contributed by atoms with Gasteiger partial charge in [0.05, 0.1) is 38.3 Å². The highest BCUT2D eigenvalue weighted by Gasteiger charge is 2.33. The number of nitro groups is 1. The number of Topliss-reactive ketones (excluding diaryl/α,β-unsaturated/α-hetero) is 1. The summed E-state index contributed by atoms with van der Waals surface area (Å²) in [4.78, 5) is 19.8. The van der Waals surface area contributed by atoms with Crippen molar-refractivity contribution in [2.24, 2.45) is 25.6 Å². The monoisotopic (exact) mass is 1000 g/mol. The van der Waals surface area contributed by atoms with Gasteiger partial charge < -0.3 is 0 Å². The molecule has 5 aromatic rings. The minimum absolute atomic E-state index is 0.0678. The van der Waals surface area contributed by atoms with E-state index in [1.165, 1.54) is 24.3 Å². The molecule has 1 aliphatic carbocycles. The number of rotatable bonds is 14. The molecule has 30 heteroatoms. The van der Waals surface area contributed by atoms with Gasteiger partial charge in [0.1, 0.15) is 19.6 Å². The summed E-state index contributed by atoms with van der Waals surface area (Å²) in [6.45, 7) is 0. The summed E-state index contributed by atoms with van der Waals surface area (Å²) in [5.74, 6) is -1.12. The molecule has 6 N–H and O–H groups in total. The molecule has 66 heavy (non-hydrogen) atoms. The van der Waals surface area contributed by atoms with Gasteiger partial charge in [-0.05, 0) is 102 Å². The van der Waals surface area contributed by atoms with Crippen molar-refractivity contribution in [3.63, 3.8) is 0 Å². The van der Waals surface area contributed by atoms with E-state index < -0.39 is 103 Å². The third-order valence-corrected chi connectivity index (χ3v) is 13.2. The van der Waals surface area contributed by atoms with Crippen LogP contribution in [-0.2, 0) is 50.6 Å². The Morgan fingerprint density at radius 1 is 0.530 bits per heavy atom. The molecule has 0 fully saturated rings. The van der Waals surface area contributed by atoms with Gasteiger partial charge in [-0.1, -0.05) is 18.2 Å². The Bertz CT molecular complexity index is 3630. The van der Waals surface area contributed by atoms with Crippen LogP contribution in [0, 0.1) is 10.1 Å². The molecule has 0 atom stereocenters. The number of nitrogens with zero attached hydrogens (tertiary/aromatic N) is 6. The number of allylic oxidation sites excluding steroid dienone is 1. The van der Waals surface area contributed by atoms with Gasteiger partial charge in [-0.25, -0.2) is 0 Å². The molecule has 5 aromatic carbocycles. The largest absolute Gasteiger partial charge is 0.296 e. The molecule has 342 valence electrons. The van der Waals surface area contributed by atoms with Gasteiger partial charge in [0.2, 0.25) is 5.78 Å². The Kier molecular flexibility index (Phi) is 13.2. The van der Waals surface area contributed by atoms with E-state index in [9.17, 15) is 75.2 Å². The lowest BCUT2D eigenvalue weighted by Crippen LogP contribution is -2.27. The van der Waals surface area contributed by atoms with Crippen LogP contribution in [0.1, 0.15) is 27.0 Å². The zero-order valence-corrected chi connectivity index (χ0v) is 36.3. The van der Waals surface area contributed by atoms with Crippen LogP contribution in [0.25, 0.3) is 18.2 Å². The van der Waals surface area contributed by atoms with Gasteiger partial charge in [-0.15, -0.1) is 0 Å². The van der Waals surface area contributed by atoms with Crippen molar-refractivity contribution >= 4 is 114 Å². The van der Waals surface area contributed by atoms with Crippen molar-refractivity contribution < 1.29 is 74.6 Å². The van der Waals surface area contributed by atoms with Gasteiger partial charge in [0.15, 0.2) is 5.71 Å². The average molecular weight is 1000 g/mol. The minimum atomic E-state index is -5.26. The third-order valence-electron chi connectivity index (χ3n) is 8.72. The Morgan fingerprint density at radius 2 is 1.00 bits per heavy atom. The lowest BCUT2D eigenvalue weighted by Gasteiger charge is -2.17. The second-order valence-electron chi connectivity index (χ2n) is 13.2. The van der Waals surface area contributed by atoms with E-state index in [4.69, 9.17) is 4.55 Å². The molecule has 0 saturated heterocycles. The molecule has 0 saturated carbocycles. The van der Waals surface area contributed by atoms with Crippen molar-refractivity contribution in [2.45, 2.75) is 19.6 Å².